The van der Waals surface area contributed by atoms with Crippen LogP contribution in [0.1, 0.15) is 25.0 Å². The number of nitrogens with zero attached hydrogens (tertiary/aromatic N) is 2. The summed E-state index contributed by atoms with van der Waals surface area (Å²) in [5, 5.41) is 10.1. The monoisotopic (exact) mass is 432 g/mol. The molecule has 0 bridgehead atoms. The van der Waals surface area contributed by atoms with Crippen LogP contribution in [0.4, 0.5) is 22.0 Å². The minimum atomic E-state index is -4.48. The number of alkyl halides is 3. The molecule has 31 heavy (non-hydrogen) atoms. The van der Waals surface area contributed by atoms with Gasteiger partial charge in [-0.05, 0) is 55.8 Å². The van der Waals surface area contributed by atoms with Crippen molar-refractivity contribution < 1.29 is 27.1 Å². The number of halogens is 5. The van der Waals surface area contributed by atoms with Crippen LogP contribution in [-0.4, -0.2) is 14.5 Å². The van der Waals surface area contributed by atoms with Crippen LogP contribution in [-0.2, 0) is 11.8 Å². The molecule has 0 aliphatic rings. The molecule has 4 rings (SSSR count). The number of aromatic nitrogens is 2. The highest BCUT2D eigenvalue weighted by Crippen LogP contribution is 2.34. The van der Waals surface area contributed by atoms with Gasteiger partial charge in [-0.2, -0.15) is 13.2 Å². The predicted octanol–water partition coefficient (Wildman–Crippen LogP) is 6.19. The predicted molar refractivity (Wildman–Crippen MR) is 106 cm³/mol. The van der Waals surface area contributed by atoms with Crippen LogP contribution < -0.4 is 0 Å². The highest BCUT2D eigenvalue weighted by molar-refractivity contribution is 5.73. The number of hydrogen-bond acceptors (Lipinski definition) is 2. The topological polar surface area (TPSA) is 37.5 Å². The van der Waals surface area contributed by atoms with Gasteiger partial charge in [0.2, 0.25) is 0 Å². The zero-order valence-electron chi connectivity index (χ0n) is 16.5. The van der Waals surface area contributed by atoms with Crippen molar-refractivity contribution in [2.45, 2.75) is 25.6 Å². The number of imidazole rings is 1. The Morgan fingerprint density at radius 1 is 0.903 bits per heavy atom. The van der Waals surface area contributed by atoms with Crippen LogP contribution in [0.2, 0.25) is 0 Å². The summed E-state index contributed by atoms with van der Waals surface area (Å²) >= 11 is 0. The first-order valence-corrected chi connectivity index (χ1v) is 9.33. The van der Waals surface area contributed by atoms with Gasteiger partial charge < -0.3 is 5.11 Å². The molecular formula is C23H17F5N2O. The summed E-state index contributed by atoms with van der Waals surface area (Å²) in [7, 11) is 0. The largest absolute Gasteiger partial charge is 0.416 e. The van der Waals surface area contributed by atoms with Gasteiger partial charge in [0.1, 0.15) is 5.82 Å². The molecule has 8 heteroatoms. The summed E-state index contributed by atoms with van der Waals surface area (Å²) in [5.41, 5.74) is -0.803. The molecule has 0 aliphatic heterocycles. The zero-order chi connectivity index (χ0) is 22.6. The van der Waals surface area contributed by atoms with Gasteiger partial charge >= 0.3 is 6.18 Å². The molecule has 0 amide bonds. The van der Waals surface area contributed by atoms with Crippen molar-refractivity contribution in [2.75, 3.05) is 0 Å². The minimum absolute atomic E-state index is 0.00460. The van der Waals surface area contributed by atoms with Crippen molar-refractivity contribution in [3.05, 3.63) is 83.7 Å². The quantitative estimate of drug-likeness (QED) is 0.392. The van der Waals surface area contributed by atoms with E-state index in [2.05, 4.69) is 4.98 Å². The van der Waals surface area contributed by atoms with E-state index >= 15 is 0 Å². The summed E-state index contributed by atoms with van der Waals surface area (Å²) in [6, 6.07) is 9.78. The fraction of sp³-hybridized carbons (Fsp3) is 0.174. The Bertz CT molecular complexity index is 1270. The van der Waals surface area contributed by atoms with Crippen LogP contribution >= 0.6 is 0 Å². The molecule has 1 N–H and O–H groups in total. The summed E-state index contributed by atoms with van der Waals surface area (Å²) < 4.78 is 69.2. The van der Waals surface area contributed by atoms with Gasteiger partial charge in [0, 0.05) is 22.9 Å². The fourth-order valence-corrected chi connectivity index (χ4v) is 3.45. The third-order valence-electron chi connectivity index (χ3n) is 5.06. The number of rotatable bonds is 3. The van der Waals surface area contributed by atoms with Crippen molar-refractivity contribution in [3.63, 3.8) is 0 Å². The number of hydrogen-bond donors (Lipinski definition) is 1. The maximum absolute atomic E-state index is 14.8. The molecule has 4 aromatic rings. The molecular weight excluding hydrogens is 415 g/mol. The van der Waals surface area contributed by atoms with Gasteiger partial charge in [0.05, 0.1) is 23.1 Å². The molecule has 2 aromatic heterocycles. The normalized spacial score (nSPS) is 12.5. The second kappa shape index (κ2) is 7.16. The maximum atomic E-state index is 14.8. The summed E-state index contributed by atoms with van der Waals surface area (Å²) in [6.07, 6.45) is -1.52. The highest BCUT2D eigenvalue weighted by Gasteiger charge is 2.30. The van der Waals surface area contributed by atoms with Crippen LogP contribution in [0, 0.1) is 11.6 Å². The molecule has 0 fully saturated rings. The van der Waals surface area contributed by atoms with Gasteiger partial charge in [-0.3, -0.25) is 4.40 Å². The summed E-state index contributed by atoms with van der Waals surface area (Å²) in [5.74, 6) is -1.28. The molecule has 3 nitrogen and oxygen atoms in total. The van der Waals surface area contributed by atoms with Gasteiger partial charge in [0.25, 0.3) is 0 Å². The van der Waals surface area contributed by atoms with E-state index in [1.807, 2.05) is 0 Å². The second-order valence-electron chi connectivity index (χ2n) is 7.71. The number of pyridine rings is 1. The molecule has 0 saturated carbocycles. The molecule has 2 aromatic carbocycles. The first-order chi connectivity index (χ1) is 14.5. The standard InChI is InChI=1S/C23H17F5N2O/c1-22(2,31)17-9-10-30-19(12-29-21(30)20(17)25)14-5-8-18(24)16(11-14)13-3-6-15(7-4-13)23(26,27)28/h3-12,31H,1-2H3. The maximum Gasteiger partial charge on any atom is 0.416 e. The Morgan fingerprint density at radius 2 is 1.55 bits per heavy atom. The first-order valence-electron chi connectivity index (χ1n) is 9.33. The van der Waals surface area contributed by atoms with E-state index in [4.69, 9.17) is 0 Å². The van der Waals surface area contributed by atoms with E-state index in [1.165, 1.54) is 60.8 Å². The van der Waals surface area contributed by atoms with Crippen molar-refractivity contribution in [3.8, 4) is 22.4 Å². The lowest BCUT2D eigenvalue weighted by atomic mass is 9.99. The van der Waals surface area contributed by atoms with Gasteiger partial charge in [-0.1, -0.05) is 12.1 Å². The minimum Gasteiger partial charge on any atom is -0.386 e. The molecule has 160 valence electrons. The van der Waals surface area contributed by atoms with Gasteiger partial charge in [-0.25, -0.2) is 13.8 Å². The Balaban J connectivity index is 1.80. The molecule has 0 unspecified atom stereocenters. The summed E-state index contributed by atoms with van der Waals surface area (Å²) in [6.45, 7) is 2.92. The van der Waals surface area contributed by atoms with Crippen molar-refractivity contribution in [1.82, 2.24) is 9.38 Å². The van der Waals surface area contributed by atoms with E-state index in [0.717, 1.165) is 12.1 Å². The van der Waals surface area contributed by atoms with E-state index < -0.39 is 29.0 Å². The van der Waals surface area contributed by atoms with Crippen LogP contribution in [0.15, 0.2) is 60.9 Å². The number of benzene rings is 2. The lowest BCUT2D eigenvalue weighted by molar-refractivity contribution is -0.137. The van der Waals surface area contributed by atoms with Crippen molar-refractivity contribution >= 4 is 5.65 Å². The lowest BCUT2D eigenvalue weighted by Crippen LogP contribution is -2.18. The molecule has 0 saturated heterocycles. The number of fused-ring (bicyclic) bond motifs is 1. The van der Waals surface area contributed by atoms with Crippen LogP contribution in [0.5, 0.6) is 0 Å². The Hall–Kier alpha value is -3.26. The van der Waals surface area contributed by atoms with Gasteiger partial charge in [-0.15, -0.1) is 0 Å². The van der Waals surface area contributed by atoms with Crippen molar-refractivity contribution in [2.24, 2.45) is 0 Å². The zero-order valence-corrected chi connectivity index (χ0v) is 16.5. The smallest absolute Gasteiger partial charge is 0.386 e. The number of aliphatic hydroxyl groups is 1. The van der Waals surface area contributed by atoms with E-state index in [0.29, 0.717) is 11.3 Å². The first kappa shape index (κ1) is 21.0. The van der Waals surface area contributed by atoms with E-state index in [9.17, 15) is 27.1 Å². The fourth-order valence-electron chi connectivity index (χ4n) is 3.45. The highest BCUT2D eigenvalue weighted by atomic mass is 19.4. The third kappa shape index (κ3) is 3.79. The van der Waals surface area contributed by atoms with Crippen LogP contribution in [0.3, 0.4) is 0 Å². The van der Waals surface area contributed by atoms with Gasteiger partial charge in [0.15, 0.2) is 11.5 Å². The average molecular weight is 432 g/mol. The SMILES string of the molecule is CC(C)(O)c1ccn2c(-c3ccc(F)c(-c4ccc(C(F)(F)F)cc4)c3)cnc2c1F. The molecule has 0 aliphatic carbocycles. The summed E-state index contributed by atoms with van der Waals surface area (Å²) in [4.78, 5) is 4.09. The second-order valence-corrected chi connectivity index (χ2v) is 7.71. The molecule has 0 radical (unpaired) electrons. The lowest BCUT2D eigenvalue weighted by Gasteiger charge is -2.18. The Morgan fingerprint density at radius 3 is 2.16 bits per heavy atom. The molecule has 0 atom stereocenters. The van der Waals surface area contributed by atoms with E-state index in [1.54, 1.807) is 6.20 Å². The molecule has 2 heterocycles. The van der Waals surface area contributed by atoms with Crippen molar-refractivity contribution in [1.29, 1.82) is 0 Å². The Kier molecular flexibility index (Phi) is 4.85. The average Bonchev–Trinajstić information content (AvgIpc) is 3.12. The Labute approximate surface area is 174 Å². The van der Waals surface area contributed by atoms with Crippen LogP contribution in [0.25, 0.3) is 28.0 Å². The van der Waals surface area contributed by atoms with E-state index in [-0.39, 0.29) is 22.3 Å². The molecule has 0 spiro atoms. The third-order valence-corrected chi connectivity index (χ3v) is 5.06.